The highest BCUT2D eigenvalue weighted by molar-refractivity contribution is 5.55. The summed E-state index contributed by atoms with van der Waals surface area (Å²) in [4.78, 5) is 6.99. The molecule has 5 rings (SSSR count). The van der Waals surface area contributed by atoms with Gasteiger partial charge in [0.05, 0.1) is 18.8 Å². The maximum Gasteiger partial charge on any atom is 0.209 e. The maximum atomic E-state index is 6.07. The zero-order valence-electron chi connectivity index (χ0n) is 15.0. The van der Waals surface area contributed by atoms with Crippen molar-refractivity contribution in [1.29, 1.82) is 0 Å². The van der Waals surface area contributed by atoms with Crippen LogP contribution in [0, 0.1) is 0 Å². The summed E-state index contributed by atoms with van der Waals surface area (Å²) in [5, 5.41) is 0. The van der Waals surface area contributed by atoms with Crippen molar-refractivity contribution >= 4 is 0 Å². The van der Waals surface area contributed by atoms with Crippen molar-refractivity contribution in [2.24, 2.45) is 0 Å². The van der Waals surface area contributed by atoms with Crippen molar-refractivity contribution in [3.8, 4) is 11.3 Å². The smallest absolute Gasteiger partial charge is 0.209 e. The molecule has 0 aliphatic carbocycles. The number of nitrogens with zero attached hydrogens (tertiary/aromatic N) is 3. The predicted octanol–water partition coefficient (Wildman–Crippen LogP) is 4.75. The molecule has 2 aromatic carbocycles. The van der Waals surface area contributed by atoms with Gasteiger partial charge in [-0.3, -0.25) is 4.90 Å². The number of oxazole rings is 1. The molecule has 0 N–H and O–H groups in total. The zero-order chi connectivity index (χ0) is 18.1. The first kappa shape index (κ1) is 16.1. The van der Waals surface area contributed by atoms with Crippen molar-refractivity contribution < 1.29 is 4.42 Å². The van der Waals surface area contributed by atoms with E-state index in [4.69, 9.17) is 4.42 Å². The first-order valence-electron chi connectivity index (χ1n) is 9.33. The Labute approximate surface area is 158 Å². The fourth-order valence-electron chi connectivity index (χ4n) is 3.91. The fraction of sp³-hybridized carbons (Fsp3) is 0.174. The van der Waals surface area contributed by atoms with Gasteiger partial charge in [-0.25, -0.2) is 4.98 Å². The van der Waals surface area contributed by atoms with Gasteiger partial charge in [0.25, 0.3) is 0 Å². The Morgan fingerprint density at radius 2 is 1.67 bits per heavy atom. The molecule has 4 nitrogen and oxygen atoms in total. The molecule has 2 aromatic heterocycles. The minimum absolute atomic E-state index is 0.210. The van der Waals surface area contributed by atoms with Crippen LogP contribution in [0.5, 0.6) is 0 Å². The molecule has 134 valence electrons. The van der Waals surface area contributed by atoms with Gasteiger partial charge >= 0.3 is 0 Å². The van der Waals surface area contributed by atoms with Gasteiger partial charge in [-0.15, -0.1) is 0 Å². The van der Waals surface area contributed by atoms with Crippen LogP contribution in [0.4, 0.5) is 0 Å². The van der Waals surface area contributed by atoms with Gasteiger partial charge < -0.3 is 8.98 Å². The highest BCUT2D eigenvalue weighted by atomic mass is 16.4. The second-order valence-corrected chi connectivity index (χ2v) is 6.89. The number of hydrogen-bond acceptors (Lipinski definition) is 3. The summed E-state index contributed by atoms with van der Waals surface area (Å²) in [6, 6.07) is 25.4. The summed E-state index contributed by atoms with van der Waals surface area (Å²) in [5.41, 5.74) is 3.68. The van der Waals surface area contributed by atoms with Gasteiger partial charge in [0, 0.05) is 30.5 Å². The summed E-state index contributed by atoms with van der Waals surface area (Å²) in [6.07, 6.45) is 4.00. The minimum Gasteiger partial charge on any atom is -0.439 e. The monoisotopic (exact) mass is 355 g/mol. The standard InChI is InChI=1S/C23H21N3O/c1-3-8-18(9-4-1)21-16-24-22(27-21)17-26-15-14-25-13-7-12-20(25)23(26)19-10-5-2-6-11-19/h1-13,16,23H,14-15,17H2. The van der Waals surface area contributed by atoms with Crippen LogP contribution in [-0.2, 0) is 13.1 Å². The van der Waals surface area contributed by atoms with E-state index in [0.717, 1.165) is 30.3 Å². The van der Waals surface area contributed by atoms with Crippen molar-refractivity contribution in [1.82, 2.24) is 14.5 Å². The molecular weight excluding hydrogens is 334 g/mol. The fourth-order valence-corrected chi connectivity index (χ4v) is 3.91. The van der Waals surface area contributed by atoms with Gasteiger partial charge in [-0.05, 0) is 17.7 Å². The van der Waals surface area contributed by atoms with Crippen LogP contribution in [-0.4, -0.2) is 21.0 Å². The summed E-state index contributed by atoms with van der Waals surface area (Å²) in [6.45, 7) is 2.64. The molecule has 1 unspecified atom stereocenters. The van der Waals surface area contributed by atoms with Gasteiger partial charge in [0.1, 0.15) is 0 Å². The Bertz CT molecular complexity index is 1020. The van der Waals surface area contributed by atoms with Crippen molar-refractivity contribution in [3.05, 3.63) is 102 Å². The van der Waals surface area contributed by atoms with Crippen LogP contribution in [0.3, 0.4) is 0 Å². The van der Waals surface area contributed by atoms with Crippen LogP contribution in [0.15, 0.2) is 89.6 Å². The predicted molar refractivity (Wildman–Crippen MR) is 105 cm³/mol. The lowest BCUT2D eigenvalue weighted by atomic mass is 10.00. The summed E-state index contributed by atoms with van der Waals surface area (Å²) in [5.74, 6) is 1.58. The van der Waals surface area contributed by atoms with E-state index in [1.807, 2.05) is 36.5 Å². The zero-order valence-corrected chi connectivity index (χ0v) is 15.0. The molecule has 0 radical (unpaired) electrons. The van der Waals surface area contributed by atoms with Gasteiger partial charge in [-0.2, -0.15) is 0 Å². The first-order chi connectivity index (χ1) is 13.4. The average molecular weight is 355 g/mol. The molecule has 4 aromatic rings. The van der Waals surface area contributed by atoms with E-state index in [9.17, 15) is 0 Å². The third-order valence-electron chi connectivity index (χ3n) is 5.20. The average Bonchev–Trinajstić information content (AvgIpc) is 3.39. The minimum atomic E-state index is 0.210. The quantitative estimate of drug-likeness (QED) is 0.530. The Morgan fingerprint density at radius 1 is 0.889 bits per heavy atom. The molecule has 0 saturated carbocycles. The van der Waals surface area contributed by atoms with Gasteiger partial charge in [0.15, 0.2) is 5.76 Å². The Morgan fingerprint density at radius 3 is 2.48 bits per heavy atom. The summed E-state index contributed by atoms with van der Waals surface area (Å²) >= 11 is 0. The lowest BCUT2D eigenvalue weighted by Gasteiger charge is -2.36. The van der Waals surface area contributed by atoms with E-state index < -0.39 is 0 Å². The Balaban J connectivity index is 1.45. The maximum absolute atomic E-state index is 6.07. The van der Waals surface area contributed by atoms with Gasteiger partial charge in [-0.1, -0.05) is 60.7 Å². The Hall–Kier alpha value is -3.11. The normalized spacial score (nSPS) is 17.0. The molecule has 0 fully saturated rings. The number of benzene rings is 2. The van der Waals surface area contributed by atoms with Crippen LogP contribution in [0.25, 0.3) is 11.3 Å². The van der Waals surface area contributed by atoms with Crippen LogP contribution in [0.1, 0.15) is 23.2 Å². The molecule has 0 bridgehead atoms. The van der Waals surface area contributed by atoms with Crippen LogP contribution >= 0.6 is 0 Å². The van der Waals surface area contributed by atoms with Gasteiger partial charge in [0.2, 0.25) is 5.89 Å². The SMILES string of the molecule is c1ccc(-c2cnc(CN3CCn4cccc4C3c3ccccc3)o2)cc1. The third kappa shape index (κ3) is 3.09. The van der Waals surface area contributed by atoms with Crippen molar-refractivity contribution in [2.75, 3.05) is 6.54 Å². The van der Waals surface area contributed by atoms with E-state index in [0.29, 0.717) is 6.54 Å². The number of rotatable bonds is 4. The molecule has 3 heterocycles. The third-order valence-corrected chi connectivity index (χ3v) is 5.20. The topological polar surface area (TPSA) is 34.2 Å². The molecule has 27 heavy (non-hydrogen) atoms. The summed E-state index contributed by atoms with van der Waals surface area (Å²) in [7, 11) is 0. The molecule has 4 heteroatoms. The second kappa shape index (κ2) is 6.89. The van der Waals surface area contributed by atoms with E-state index in [1.165, 1.54) is 11.3 Å². The largest absolute Gasteiger partial charge is 0.439 e. The van der Waals surface area contributed by atoms with Crippen LogP contribution in [0.2, 0.25) is 0 Å². The molecule has 1 aliphatic heterocycles. The lowest BCUT2D eigenvalue weighted by Crippen LogP contribution is -2.38. The number of fused-ring (bicyclic) bond motifs is 1. The molecule has 1 aliphatic rings. The molecular formula is C23H21N3O. The summed E-state index contributed by atoms with van der Waals surface area (Å²) < 4.78 is 8.41. The molecule has 0 spiro atoms. The number of hydrogen-bond donors (Lipinski definition) is 0. The Kier molecular flexibility index (Phi) is 4.11. The van der Waals surface area contributed by atoms with E-state index in [1.54, 1.807) is 0 Å². The molecule has 0 amide bonds. The number of aromatic nitrogens is 2. The highest BCUT2D eigenvalue weighted by Gasteiger charge is 2.29. The van der Waals surface area contributed by atoms with E-state index in [-0.39, 0.29) is 6.04 Å². The highest BCUT2D eigenvalue weighted by Crippen LogP contribution is 2.33. The van der Waals surface area contributed by atoms with Crippen LogP contribution < -0.4 is 0 Å². The molecule has 0 saturated heterocycles. The first-order valence-corrected chi connectivity index (χ1v) is 9.33. The van der Waals surface area contributed by atoms with E-state index >= 15 is 0 Å². The van der Waals surface area contributed by atoms with Crippen molar-refractivity contribution in [2.45, 2.75) is 19.1 Å². The van der Waals surface area contributed by atoms with E-state index in [2.05, 4.69) is 63.1 Å². The van der Waals surface area contributed by atoms with Crippen molar-refractivity contribution in [3.63, 3.8) is 0 Å². The lowest BCUT2D eigenvalue weighted by molar-refractivity contribution is 0.159. The molecule has 1 atom stereocenters. The second-order valence-electron chi connectivity index (χ2n) is 6.89.